The highest BCUT2D eigenvalue weighted by Gasteiger charge is 2.25. The number of nitrogens with zero attached hydrogens (tertiary/aromatic N) is 3. The van der Waals surface area contributed by atoms with Gasteiger partial charge in [0.1, 0.15) is 6.10 Å². The van der Waals surface area contributed by atoms with Crippen molar-refractivity contribution in [2.75, 3.05) is 65.6 Å². The second-order valence-electron chi connectivity index (χ2n) is 8.06. The van der Waals surface area contributed by atoms with E-state index in [2.05, 4.69) is 54.1 Å². The second-order valence-corrected chi connectivity index (χ2v) is 8.06. The topological polar surface area (TPSA) is 49.3 Å². The van der Waals surface area contributed by atoms with Crippen LogP contribution in [0.3, 0.4) is 0 Å². The van der Waals surface area contributed by atoms with E-state index in [1.54, 1.807) is 0 Å². The van der Waals surface area contributed by atoms with Crippen molar-refractivity contribution in [2.24, 2.45) is 4.99 Å². The molecular formula is C23H38N4O2. The molecule has 2 aliphatic heterocycles. The molecule has 0 bridgehead atoms. The smallest absolute Gasteiger partial charge is 0.194 e. The second kappa shape index (κ2) is 11.5. The first kappa shape index (κ1) is 22.1. The van der Waals surface area contributed by atoms with Crippen LogP contribution < -0.4 is 5.32 Å². The van der Waals surface area contributed by atoms with Crippen molar-refractivity contribution in [2.45, 2.75) is 39.7 Å². The monoisotopic (exact) mass is 402 g/mol. The predicted molar refractivity (Wildman–Crippen MR) is 119 cm³/mol. The number of hydrogen-bond acceptors (Lipinski definition) is 4. The molecule has 6 nitrogen and oxygen atoms in total. The summed E-state index contributed by atoms with van der Waals surface area (Å²) in [5, 5.41) is 3.48. The molecule has 0 radical (unpaired) electrons. The molecule has 6 heteroatoms. The Morgan fingerprint density at radius 2 is 1.97 bits per heavy atom. The van der Waals surface area contributed by atoms with Crippen molar-refractivity contribution < 1.29 is 9.47 Å². The number of aryl methyl sites for hydroxylation is 2. The normalized spacial score (nSPS) is 21.4. The van der Waals surface area contributed by atoms with Crippen LogP contribution in [0.5, 0.6) is 0 Å². The lowest BCUT2D eigenvalue weighted by molar-refractivity contribution is -0.00833. The van der Waals surface area contributed by atoms with Gasteiger partial charge in [-0.15, -0.1) is 0 Å². The van der Waals surface area contributed by atoms with Gasteiger partial charge in [-0.25, -0.2) is 0 Å². The fraction of sp³-hybridized carbons (Fsp3) is 0.696. The third kappa shape index (κ3) is 6.69. The van der Waals surface area contributed by atoms with Crippen molar-refractivity contribution in [1.82, 2.24) is 15.1 Å². The number of benzene rings is 1. The van der Waals surface area contributed by atoms with Gasteiger partial charge in [0.2, 0.25) is 0 Å². The lowest BCUT2D eigenvalue weighted by Gasteiger charge is -2.36. The van der Waals surface area contributed by atoms with E-state index in [-0.39, 0.29) is 6.10 Å². The molecule has 162 valence electrons. The van der Waals surface area contributed by atoms with Crippen molar-refractivity contribution in [3.05, 3.63) is 34.9 Å². The van der Waals surface area contributed by atoms with Crippen molar-refractivity contribution >= 4 is 5.96 Å². The van der Waals surface area contributed by atoms with Crippen LogP contribution in [0, 0.1) is 13.8 Å². The van der Waals surface area contributed by atoms with Crippen LogP contribution in [-0.2, 0) is 9.47 Å². The van der Waals surface area contributed by atoms with Crippen LogP contribution >= 0.6 is 0 Å². The van der Waals surface area contributed by atoms with E-state index in [9.17, 15) is 0 Å². The summed E-state index contributed by atoms with van der Waals surface area (Å²) in [4.78, 5) is 9.77. The highest BCUT2D eigenvalue weighted by atomic mass is 16.5. The van der Waals surface area contributed by atoms with Gasteiger partial charge in [-0.1, -0.05) is 23.8 Å². The third-order valence-corrected chi connectivity index (χ3v) is 5.72. The first-order valence-corrected chi connectivity index (χ1v) is 11.2. The largest absolute Gasteiger partial charge is 0.379 e. The number of nitrogens with one attached hydrogen (secondary N) is 1. The maximum atomic E-state index is 6.11. The van der Waals surface area contributed by atoms with Gasteiger partial charge in [0.25, 0.3) is 0 Å². The zero-order valence-electron chi connectivity index (χ0n) is 18.5. The van der Waals surface area contributed by atoms with Crippen LogP contribution in [0.15, 0.2) is 23.2 Å². The summed E-state index contributed by atoms with van der Waals surface area (Å²) >= 11 is 0. The third-order valence-electron chi connectivity index (χ3n) is 5.72. The predicted octanol–water partition coefficient (Wildman–Crippen LogP) is 2.75. The van der Waals surface area contributed by atoms with E-state index < -0.39 is 0 Å². The highest BCUT2D eigenvalue weighted by molar-refractivity contribution is 5.80. The maximum Gasteiger partial charge on any atom is 0.194 e. The Labute approximate surface area is 176 Å². The van der Waals surface area contributed by atoms with Gasteiger partial charge in [-0.2, -0.15) is 0 Å². The van der Waals surface area contributed by atoms with Gasteiger partial charge >= 0.3 is 0 Å². The lowest BCUT2D eigenvalue weighted by atomic mass is 10.00. The molecule has 1 aromatic rings. The Kier molecular flexibility index (Phi) is 8.77. The van der Waals surface area contributed by atoms with Crippen molar-refractivity contribution in [1.29, 1.82) is 0 Å². The molecule has 2 aliphatic rings. The van der Waals surface area contributed by atoms with Gasteiger partial charge < -0.3 is 19.7 Å². The fourth-order valence-electron chi connectivity index (χ4n) is 4.10. The lowest BCUT2D eigenvalue weighted by Crippen LogP contribution is -2.48. The SMILES string of the molecule is CCNC(=NCCCCN1CCOCC1)N1CCOC(c2ccc(C)cc2C)C1. The zero-order valence-corrected chi connectivity index (χ0v) is 18.5. The Bertz CT molecular complexity index is 658. The average Bonchev–Trinajstić information content (AvgIpc) is 2.73. The van der Waals surface area contributed by atoms with E-state index in [0.29, 0.717) is 0 Å². The molecule has 0 saturated carbocycles. The summed E-state index contributed by atoms with van der Waals surface area (Å²) < 4.78 is 11.5. The molecule has 2 heterocycles. The maximum absolute atomic E-state index is 6.11. The minimum Gasteiger partial charge on any atom is -0.379 e. The van der Waals surface area contributed by atoms with E-state index in [1.165, 1.54) is 23.1 Å². The molecule has 1 unspecified atom stereocenters. The average molecular weight is 403 g/mol. The van der Waals surface area contributed by atoms with Gasteiger partial charge in [0.15, 0.2) is 5.96 Å². The van der Waals surface area contributed by atoms with Crippen LogP contribution in [-0.4, -0.2) is 81.4 Å². The standard InChI is InChI=1S/C23H38N4O2/c1-4-24-23(25-9-5-6-10-26-11-14-28-15-12-26)27-13-16-29-22(18-27)21-8-7-19(2)17-20(21)3/h7-8,17,22H,4-6,9-16,18H2,1-3H3,(H,24,25). The number of unbranched alkanes of at least 4 members (excludes halogenated alkanes) is 1. The van der Waals surface area contributed by atoms with Gasteiger partial charge in [0.05, 0.1) is 26.4 Å². The quantitative estimate of drug-likeness (QED) is 0.432. The van der Waals surface area contributed by atoms with E-state index in [0.717, 1.165) is 78.0 Å². The molecule has 1 aromatic carbocycles. The minimum absolute atomic E-state index is 0.106. The Balaban J connectivity index is 1.52. The number of hydrogen-bond donors (Lipinski definition) is 1. The summed E-state index contributed by atoms with van der Waals surface area (Å²) in [6.45, 7) is 15.7. The van der Waals surface area contributed by atoms with E-state index >= 15 is 0 Å². The Morgan fingerprint density at radius 3 is 2.72 bits per heavy atom. The molecule has 1 N–H and O–H groups in total. The number of morpholine rings is 2. The molecule has 0 amide bonds. The van der Waals surface area contributed by atoms with Gasteiger partial charge in [0, 0.05) is 32.7 Å². The summed E-state index contributed by atoms with van der Waals surface area (Å²) in [5.74, 6) is 1.02. The summed E-state index contributed by atoms with van der Waals surface area (Å²) in [5.41, 5.74) is 3.90. The molecule has 0 spiro atoms. The summed E-state index contributed by atoms with van der Waals surface area (Å²) in [6.07, 6.45) is 2.42. The van der Waals surface area contributed by atoms with Gasteiger partial charge in [-0.3, -0.25) is 9.89 Å². The van der Waals surface area contributed by atoms with Gasteiger partial charge in [-0.05, 0) is 51.3 Å². The number of aliphatic imine (C=N–C) groups is 1. The highest BCUT2D eigenvalue weighted by Crippen LogP contribution is 2.26. The Morgan fingerprint density at radius 1 is 1.14 bits per heavy atom. The van der Waals surface area contributed by atoms with Crippen LogP contribution in [0.1, 0.15) is 42.6 Å². The zero-order chi connectivity index (χ0) is 20.5. The van der Waals surface area contributed by atoms with Crippen LogP contribution in [0.25, 0.3) is 0 Å². The molecule has 29 heavy (non-hydrogen) atoms. The molecule has 0 aromatic heterocycles. The summed E-state index contributed by atoms with van der Waals surface area (Å²) in [6, 6.07) is 6.64. The molecule has 3 rings (SSSR count). The minimum atomic E-state index is 0.106. The molecule has 2 fully saturated rings. The molecular weight excluding hydrogens is 364 g/mol. The molecule has 2 saturated heterocycles. The van der Waals surface area contributed by atoms with Crippen molar-refractivity contribution in [3.8, 4) is 0 Å². The van der Waals surface area contributed by atoms with Crippen LogP contribution in [0.4, 0.5) is 0 Å². The van der Waals surface area contributed by atoms with E-state index in [4.69, 9.17) is 14.5 Å². The molecule has 0 aliphatic carbocycles. The van der Waals surface area contributed by atoms with Crippen LogP contribution in [0.2, 0.25) is 0 Å². The molecule has 1 atom stereocenters. The number of ether oxygens (including phenoxy) is 2. The van der Waals surface area contributed by atoms with E-state index in [1.807, 2.05) is 0 Å². The summed E-state index contributed by atoms with van der Waals surface area (Å²) in [7, 11) is 0. The fourth-order valence-corrected chi connectivity index (χ4v) is 4.10. The number of guanidine groups is 1. The first-order valence-electron chi connectivity index (χ1n) is 11.2. The Hall–Kier alpha value is -1.63. The first-order chi connectivity index (χ1) is 14.2. The number of rotatable bonds is 7. The van der Waals surface area contributed by atoms with Crippen molar-refractivity contribution in [3.63, 3.8) is 0 Å².